The van der Waals surface area contributed by atoms with Gasteiger partial charge in [0.25, 0.3) is 0 Å². The lowest BCUT2D eigenvalue weighted by atomic mass is 9.92. The predicted octanol–water partition coefficient (Wildman–Crippen LogP) is 2.08. The zero-order chi connectivity index (χ0) is 14.5. The third-order valence-electron chi connectivity index (χ3n) is 3.48. The summed E-state index contributed by atoms with van der Waals surface area (Å²) in [5, 5.41) is 6.49. The average molecular weight is 325 g/mol. The van der Waals surface area contributed by atoms with Crippen LogP contribution in [0.5, 0.6) is 0 Å². The van der Waals surface area contributed by atoms with Crippen LogP contribution >= 0.6 is 24.0 Å². The molecule has 0 saturated carbocycles. The standard InChI is InChI=1S/C7H12ClNO.C7H13NO.ClH/c1-7(5-8)4-6(10)2-3-9-7;1-7(2)5-6(9)3-4-8-7;/h9H,2-5H2,1H3;8H,3-5H2,1-2H3;1H. The van der Waals surface area contributed by atoms with E-state index in [4.69, 9.17) is 11.6 Å². The first-order valence-electron chi connectivity index (χ1n) is 6.86. The summed E-state index contributed by atoms with van der Waals surface area (Å²) in [6.07, 6.45) is 2.64. The van der Waals surface area contributed by atoms with E-state index >= 15 is 0 Å². The van der Waals surface area contributed by atoms with Gasteiger partial charge in [0.05, 0.1) is 0 Å². The van der Waals surface area contributed by atoms with E-state index in [2.05, 4.69) is 24.5 Å². The molecule has 4 nitrogen and oxygen atoms in total. The van der Waals surface area contributed by atoms with E-state index in [0.717, 1.165) is 13.1 Å². The minimum atomic E-state index is -0.142. The van der Waals surface area contributed by atoms with Crippen molar-refractivity contribution in [3.05, 3.63) is 0 Å². The van der Waals surface area contributed by atoms with Crippen LogP contribution in [0.15, 0.2) is 0 Å². The lowest BCUT2D eigenvalue weighted by Gasteiger charge is -2.31. The van der Waals surface area contributed by atoms with Crippen molar-refractivity contribution in [2.24, 2.45) is 0 Å². The van der Waals surface area contributed by atoms with Crippen LogP contribution in [0.1, 0.15) is 46.5 Å². The number of nitrogens with one attached hydrogen (secondary N) is 2. The lowest BCUT2D eigenvalue weighted by Crippen LogP contribution is -2.50. The summed E-state index contributed by atoms with van der Waals surface area (Å²) >= 11 is 5.67. The van der Waals surface area contributed by atoms with E-state index in [1.54, 1.807) is 0 Å². The van der Waals surface area contributed by atoms with E-state index in [9.17, 15) is 9.59 Å². The number of carbonyl (C=O) groups excluding carboxylic acids is 2. The molecule has 2 fully saturated rings. The molecule has 0 radical (unpaired) electrons. The minimum absolute atomic E-state index is 0. The third-order valence-corrected chi connectivity index (χ3v) is 4.07. The average Bonchev–Trinajstić information content (AvgIpc) is 2.28. The van der Waals surface area contributed by atoms with E-state index in [1.807, 2.05) is 6.92 Å². The van der Waals surface area contributed by atoms with Gasteiger partial charge in [0, 0.05) is 55.7 Å². The molecule has 2 aliphatic rings. The Balaban J connectivity index is 0.000000345. The van der Waals surface area contributed by atoms with Gasteiger partial charge in [0.1, 0.15) is 11.6 Å². The number of piperidine rings is 2. The molecule has 2 rings (SSSR count). The highest BCUT2D eigenvalue weighted by atomic mass is 35.5. The number of alkyl halides is 1. The molecule has 0 bridgehead atoms. The maximum Gasteiger partial charge on any atom is 0.136 e. The maximum atomic E-state index is 10.9. The van der Waals surface area contributed by atoms with Gasteiger partial charge in [-0.25, -0.2) is 0 Å². The molecule has 118 valence electrons. The van der Waals surface area contributed by atoms with Gasteiger partial charge in [-0.05, 0) is 20.8 Å². The summed E-state index contributed by atoms with van der Waals surface area (Å²) in [4.78, 5) is 21.8. The van der Waals surface area contributed by atoms with E-state index in [0.29, 0.717) is 43.1 Å². The molecule has 6 heteroatoms. The predicted molar refractivity (Wildman–Crippen MR) is 84.9 cm³/mol. The zero-order valence-electron chi connectivity index (χ0n) is 12.6. The second kappa shape index (κ2) is 8.32. The van der Waals surface area contributed by atoms with Gasteiger partial charge < -0.3 is 10.6 Å². The van der Waals surface area contributed by atoms with Crippen molar-refractivity contribution in [3.63, 3.8) is 0 Å². The van der Waals surface area contributed by atoms with Crippen molar-refractivity contribution < 1.29 is 9.59 Å². The molecular formula is C14H26Cl2N2O2. The van der Waals surface area contributed by atoms with Crippen LogP contribution in [0.25, 0.3) is 0 Å². The Morgan fingerprint density at radius 2 is 1.50 bits per heavy atom. The first-order valence-corrected chi connectivity index (χ1v) is 7.39. The quantitative estimate of drug-likeness (QED) is 0.725. The Morgan fingerprint density at radius 1 is 1.00 bits per heavy atom. The Bertz CT molecular complexity index is 348. The van der Waals surface area contributed by atoms with E-state index < -0.39 is 0 Å². The summed E-state index contributed by atoms with van der Waals surface area (Å²) in [5.74, 6) is 1.22. The summed E-state index contributed by atoms with van der Waals surface area (Å²) in [5.41, 5.74) is -0.0910. The molecule has 2 N–H and O–H groups in total. The van der Waals surface area contributed by atoms with Gasteiger partial charge >= 0.3 is 0 Å². The Hall–Kier alpha value is -0.160. The topological polar surface area (TPSA) is 58.2 Å². The number of carbonyl (C=O) groups is 2. The molecule has 2 heterocycles. The van der Waals surface area contributed by atoms with Crippen molar-refractivity contribution in [2.45, 2.75) is 57.5 Å². The van der Waals surface area contributed by atoms with Gasteiger partial charge in [-0.1, -0.05) is 0 Å². The Morgan fingerprint density at radius 3 is 1.80 bits per heavy atom. The smallest absolute Gasteiger partial charge is 0.136 e. The van der Waals surface area contributed by atoms with Crippen molar-refractivity contribution in [3.8, 4) is 0 Å². The molecule has 0 spiro atoms. The lowest BCUT2D eigenvalue weighted by molar-refractivity contribution is -0.122. The number of halogens is 2. The zero-order valence-corrected chi connectivity index (χ0v) is 14.1. The highest BCUT2D eigenvalue weighted by Gasteiger charge is 2.29. The Kier molecular flexibility index (Phi) is 8.26. The first-order chi connectivity index (χ1) is 8.76. The fraction of sp³-hybridized carbons (Fsp3) is 0.857. The largest absolute Gasteiger partial charge is 0.311 e. The molecule has 0 aromatic carbocycles. The monoisotopic (exact) mass is 324 g/mol. The van der Waals surface area contributed by atoms with Gasteiger partial charge in [-0.2, -0.15) is 0 Å². The fourth-order valence-corrected chi connectivity index (χ4v) is 2.56. The van der Waals surface area contributed by atoms with Crippen LogP contribution in [0, 0.1) is 0 Å². The molecule has 0 aromatic rings. The Labute approximate surface area is 132 Å². The molecule has 0 aromatic heterocycles. The first kappa shape index (κ1) is 19.8. The molecule has 20 heavy (non-hydrogen) atoms. The fourth-order valence-electron chi connectivity index (χ4n) is 2.37. The molecular weight excluding hydrogens is 299 g/mol. The van der Waals surface area contributed by atoms with Crippen LogP contribution < -0.4 is 10.6 Å². The van der Waals surface area contributed by atoms with Gasteiger partial charge in [0.15, 0.2) is 0 Å². The van der Waals surface area contributed by atoms with Crippen molar-refractivity contribution in [2.75, 3.05) is 19.0 Å². The summed E-state index contributed by atoms with van der Waals surface area (Å²) in [7, 11) is 0. The van der Waals surface area contributed by atoms with Crippen LogP contribution in [-0.4, -0.2) is 41.6 Å². The second-order valence-corrected chi connectivity index (χ2v) is 6.63. The summed E-state index contributed by atoms with van der Waals surface area (Å²) < 4.78 is 0. The number of hydrogen-bond donors (Lipinski definition) is 2. The van der Waals surface area contributed by atoms with Crippen molar-refractivity contribution >= 4 is 35.6 Å². The SMILES string of the molecule is CC1(C)CC(=O)CCN1.CC1(CCl)CC(=O)CCN1.Cl. The molecule has 1 unspecified atom stereocenters. The second-order valence-electron chi connectivity index (χ2n) is 6.36. The number of rotatable bonds is 1. The molecule has 0 aliphatic carbocycles. The van der Waals surface area contributed by atoms with Gasteiger partial charge in [0.2, 0.25) is 0 Å². The third kappa shape index (κ3) is 7.02. The number of Topliss-reactive ketones (excluding diaryl/α,β-unsaturated/α-hetero) is 2. The van der Waals surface area contributed by atoms with Gasteiger partial charge in [-0.3, -0.25) is 9.59 Å². The van der Waals surface area contributed by atoms with Crippen LogP contribution in [0.2, 0.25) is 0 Å². The molecule has 2 saturated heterocycles. The van der Waals surface area contributed by atoms with Crippen LogP contribution in [-0.2, 0) is 9.59 Å². The molecule has 1 atom stereocenters. The van der Waals surface area contributed by atoms with Crippen LogP contribution in [0.4, 0.5) is 0 Å². The molecule has 2 aliphatic heterocycles. The summed E-state index contributed by atoms with van der Waals surface area (Å²) in [6, 6.07) is 0. The normalized spacial score (nSPS) is 29.0. The van der Waals surface area contributed by atoms with Crippen LogP contribution in [0.3, 0.4) is 0 Å². The van der Waals surface area contributed by atoms with E-state index in [-0.39, 0.29) is 23.5 Å². The summed E-state index contributed by atoms with van der Waals surface area (Å²) in [6.45, 7) is 7.74. The van der Waals surface area contributed by atoms with E-state index in [1.165, 1.54) is 0 Å². The minimum Gasteiger partial charge on any atom is -0.311 e. The van der Waals surface area contributed by atoms with Crippen molar-refractivity contribution in [1.82, 2.24) is 10.6 Å². The number of hydrogen-bond acceptors (Lipinski definition) is 4. The highest BCUT2D eigenvalue weighted by molar-refractivity contribution is 6.18. The number of ketones is 2. The molecule has 0 amide bonds. The van der Waals surface area contributed by atoms with Crippen molar-refractivity contribution in [1.29, 1.82) is 0 Å². The highest BCUT2D eigenvalue weighted by Crippen LogP contribution is 2.17. The van der Waals surface area contributed by atoms with Gasteiger partial charge in [-0.15, -0.1) is 24.0 Å². The maximum absolute atomic E-state index is 10.9.